The summed E-state index contributed by atoms with van der Waals surface area (Å²) < 4.78 is 0. The molecule has 0 unspecified atom stereocenters. The molecule has 2 heterocycles. The van der Waals surface area contributed by atoms with E-state index >= 15 is 0 Å². The van der Waals surface area contributed by atoms with E-state index in [0.717, 1.165) is 49.7 Å². The predicted octanol–water partition coefficient (Wildman–Crippen LogP) is 6.03. The van der Waals surface area contributed by atoms with E-state index in [4.69, 9.17) is 0 Å². The molecule has 0 N–H and O–H groups in total. The Morgan fingerprint density at radius 2 is 1.05 bits per heavy atom. The normalized spacial score (nSPS) is 20.4. The van der Waals surface area contributed by atoms with Crippen LogP contribution in [-0.2, 0) is 12.8 Å². The van der Waals surface area contributed by atoms with E-state index in [1.165, 1.54) is 20.9 Å². The first-order valence-electron chi connectivity index (χ1n) is 14.4. The first kappa shape index (κ1) is 26.2. The van der Waals surface area contributed by atoms with Crippen molar-refractivity contribution < 1.29 is 19.2 Å². The third-order valence-electron chi connectivity index (χ3n) is 8.93. The van der Waals surface area contributed by atoms with Gasteiger partial charge in [-0.1, -0.05) is 36.4 Å². The van der Waals surface area contributed by atoms with Crippen molar-refractivity contribution in [2.45, 2.75) is 58.3 Å². The van der Waals surface area contributed by atoms with Gasteiger partial charge in [-0.3, -0.25) is 29.0 Å². The second-order valence-corrected chi connectivity index (χ2v) is 11.3. The fourth-order valence-electron chi connectivity index (χ4n) is 6.66. The zero-order valence-corrected chi connectivity index (χ0v) is 23.1. The van der Waals surface area contributed by atoms with Gasteiger partial charge in [-0.15, -0.1) is 0 Å². The van der Waals surface area contributed by atoms with Gasteiger partial charge in [0.1, 0.15) is 0 Å². The van der Waals surface area contributed by atoms with E-state index in [1.54, 1.807) is 6.07 Å². The predicted molar refractivity (Wildman–Crippen MR) is 153 cm³/mol. The van der Waals surface area contributed by atoms with Gasteiger partial charge < -0.3 is 0 Å². The van der Waals surface area contributed by atoms with E-state index < -0.39 is 0 Å². The Morgan fingerprint density at radius 1 is 0.575 bits per heavy atom. The van der Waals surface area contributed by atoms with Gasteiger partial charge in [-0.2, -0.15) is 0 Å². The summed E-state index contributed by atoms with van der Waals surface area (Å²) in [5.74, 6) is 0.392. The van der Waals surface area contributed by atoms with Crippen LogP contribution < -0.4 is 0 Å². The highest BCUT2D eigenvalue weighted by molar-refractivity contribution is 6.22. The van der Waals surface area contributed by atoms with Crippen molar-refractivity contribution in [1.29, 1.82) is 0 Å². The lowest BCUT2D eigenvalue weighted by Crippen LogP contribution is -2.29. The van der Waals surface area contributed by atoms with Crippen LogP contribution in [-0.4, -0.2) is 46.5 Å². The molecular weight excluding hydrogens is 500 g/mol. The molecule has 1 fully saturated rings. The molecule has 0 aromatic heterocycles. The molecule has 1 aliphatic carbocycles. The quantitative estimate of drug-likeness (QED) is 0.347. The molecule has 6 nitrogen and oxygen atoms in total. The third kappa shape index (κ3) is 4.55. The van der Waals surface area contributed by atoms with Gasteiger partial charge in [-0.05, 0) is 111 Å². The highest BCUT2D eigenvalue weighted by Gasteiger charge is 2.35. The molecule has 0 saturated heterocycles. The summed E-state index contributed by atoms with van der Waals surface area (Å²) >= 11 is 0. The standard InChI is InChI=1S/C34H34N2O4/c1-3-35-31(37)27-15-9-23(19-29(27)33(35)39)17-21-5-11-25(12-6-21)26-13-7-22(8-14-26)18-24-10-16-28-30(20-24)34(40)36(4-2)32(28)38/h5-6,9-12,15-16,19-20,22,26H,3-4,7-8,13-14,17-18H2,1-2H3. The molecule has 204 valence electrons. The Hall–Kier alpha value is -4.06. The summed E-state index contributed by atoms with van der Waals surface area (Å²) in [6, 6.07) is 20.2. The maximum atomic E-state index is 12.6. The summed E-state index contributed by atoms with van der Waals surface area (Å²) in [6.07, 6.45) is 6.24. The second-order valence-electron chi connectivity index (χ2n) is 11.3. The SMILES string of the molecule is CCN1C(=O)c2ccc(Cc3ccc(C4CCC(Cc5ccc6c(c5)C(=O)N(CC)C6=O)CC4)cc3)cc2C1=O. The largest absolute Gasteiger partial charge is 0.275 e. The van der Waals surface area contributed by atoms with Crippen LogP contribution >= 0.6 is 0 Å². The van der Waals surface area contributed by atoms with Crippen molar-refractivity contribution in [3.63, 3.8) is 0 Å². The molecule has 2 aliphatic heterocycles. The molecule has 6 heteroatoms. The molecule has 3 aliphatic rings. The van der Waals surface area contributed by atoms with E-state index in [1.807, 2.05) is 44.2 Å². The van der Waals surface area contributed by atoms with Crippen LogP contribution in [0.15, 0.2) is 60.7 Å². The van der Waals surface area contributed by atoms with E-state index in [0.29, 0.717) is 47.2 Å². The first-order chi connectivity index (χ1) is 19.4. The van der Waals surface area contributed by atoms with Crippen molar-refractivity contribution in [2.24, 2.45) is 5.92 Å². The number of benzene rings is 3. The zero-order valence-electron chi connectivity index (χ0n) is 23.1. The van der Waals surface area contributed by atoms with Crippen molar-refractivity contribution in [3.05, 3.63) is 105 Å². The maximum Gasteiger partial charge on any atom is 0.261 e. The minimum Gasteiger partial charge on any atom is -0.275 e. The number of amides is 4. The topological polar surface area (TPSA) is 74.8 Å². The third-order valence-corrected chi connectivity index (χ3v) is 8.93. The average molecular weight is 535 g/mol. The number of imide groups is 2. The van der Waals surface area contributed by atoms with E-state index in [9.17, 15) is 19.2 Å². The van der Waals surface area contributed by atoms with E-state index in [2.05, 4.69) is 24.3 Å². The van der Waals surface area contributed by atoms with Gasteiger partial charge in [0.25, 0.3) is 23.6 Å². The monoisotopic (exact) mass is 534 g/mol. The highest BCUT2D eigenvalue weighted by Crippen LogP contribution is 2.38. The molecule has 3 aromatic rings. The van der Waals surface area contributed by atoms with Crippen molar-refractivity contribution in [3.8, 4) is 0 Å². The van der Waals surface area contributed by atoms with Crippen LogP contribution in [0, 0.1) is 5.92 Å². The van der Waals surface area contributed by atoms with Crippen LogP contribution in [0.5, 0.6) is 0 Å². The fraction of sp³-hybridized carbons (Fsp3) is 0.353. The lowest BCUT2D eigenvalue weighted by molar-refractivity contribution is 0.0647. The minimum atomic E-state index is -0.199. The second kappa shape index (κ2) is 10.5. The lowest BCUT2D eigenvalue weighted by Gasteiger charge is -2.29. The zero-order chi connectivity index (χ0) is 28.0. The number of hydrogen-bond acceptors (Lipinski definition) is 4. The van der Waals surface area contributed by atoms with Gasteiger partial charge in [0.2, 0.25) is 0 Å². The van der Waals surface area contributed by atoms with Crippen LogP contribution in [0.25, 0.3) is 0 Å². The Kier molecular flexibility index (Phi) is 6.87. The number of fused-ring (bicyclic) bond motifs is 2. The molecule has 0 spiro atoms. The summed E-state index contributed by atoms with van der Waals surface area (Å²) in [6.45, 7) is 4.44. The van der Waals surface area contributed by atoms with Crippen molar-refractivity contribution in [2.75, 3.05) is 13.1 Å². The Balaban J connectivity index is 1.05. The van der Waals surface area contributed by atoms with Crippen LogP contribution in [0.2, 0.25) is 0 Å². The molecule has 0 atom stereocenters. The first-order valence-corrected chi connectivity index (χ1v) is 14.4. The number of nitrogens with zero attached hydrogens (tertiary/aromatic N) is 2. The van der Waals surface area contributed by atoms with Crippen LogP contribution in [0.1, 0.15) is 109 Å². The molecule has 40 heavy (non-hydrogen) atoms. The van der Waals surface area contributed by atoms with Crippen LogP contribution in [0.4, 0.5) is 0 Å². The number of hydrogen-bond donors (Lipinski definition) is 0. The summed E-state index contributed by atoms with van der Waals surface area (Å²) in [5.41, 5.74) is 6.85. The average Bonchev–Trinajstić information content (AvgIpc) is 3.36. The van der Waals surface area contributed by atoms with Gasteiger partial charge in [-0.25, -0.2) is 0 Å². The lowest BCUT2D eigenvalue weighted by atomic mass is 9.76. The fourth-order valence-corrected chi connectivity index (χ4v) is 6.66. The highest BCUT2D eigenvalue weighted by atomic mass is 16.2. The van der Waals surface area contributed by atoms with Gasteiger partial charge in [0, 0.05) is 13.1 Å². The Bertz CT molecular complexity index is 1520. The van der Waals surface area contributed by atoms with E-state index in [-0.39, 0.29) is 23.6 Å². The Morgan fingerprint density at radius 3 is 1.60 bits per heavy atom. The summed E-state index contributed by atoms with van der Waals surface area (Å²) in [5, 5.41) is 0. The molecule has 0 bridgehead atoms. The molecule has 1 saturated carbocycles. The van der Waals surface area contributed by atoms with Gasteiger partial charge in [0.05, 0.1) is 22.3 Å². The number of carbonyl (C=O) groups excluding carboxylic acids is 4. The van der Waals surface area contributed by atoms with Gasteiger partial charge in [0.15, 0.2) is 0 Å². The summed E-state index contributed by atoms with van der Waals surface area (Å²) in [4.78, 5) is 52.5. The summed E-state index contributed by atoms with van der Waals surface area (Å²) in [7, 11) is 0. The van der Waals surface area contributed by atoms with Crippen molar-refractivity contribution >= 4 is 23.6 Å². The molecule has 3 aromatic carbocycles. The van der Waals surface area contributed by atoms with Crippen molar-refractivity contribution in [1.82, 2.24) is 9.80 Å². The molecule has 0 radical (unpaired) electrons. The van der Waals surface area contributed by atoms with Crippen LogP contribution in [0.3, 0.4) is 0 Å². The molecule has 6 rings (SSSR count). The minimum absolute atomic E-state index is 0.167. The maximum absolute atomic E-state index is 12.6. The number of rotatable bonds is 7. The molecular formula is C34H34N2O4. The number of carbonyl (C=O) groups is 4. The Labute approximate surface area is 235 Å². The molecule has 4 amide bonds. The smallest absolute Gasteiger partial charge is 0.261 e. The van der Waals surface area contributed by atoms with Gasteiger partial charge >= 0.3 is 0 Å².